The van der Waals surface area contributed by atoms with Gasteiger partial charge in [0.2, 0.25) is 0 Å². The highest BCUT2D eigenvalue weighted by Crippen LogP contribution is 2.12. The molecule has 0 N–H and O–H groups in total. The molecule has 0 aromatic carbocycles. The van der Waals surface area contributed by atoms with E-state index in [1.807, 2.05) is 19.2 Å². The first-order valence-electron chi connectivity index (χ1n) is 4.19. The first-order chi connectivity index (χ1) is 6.09. The average molecular weight is 195 g/mol. The number of allylic oxidation sites excluding steroid dienone is 1. The third-order valence-corrected chi connectivity index (χ3v) is 2.46. The number of carbonyl (C=O) groups is 1. The minimum absolute atomic E-state index is 0.118. The van der Waals surface area contributed by atoms with Crippen LogP contribution in [0.1, 0.15) is 35.3 Å². The predicted octanol–water partition coefficient (Wildman–Crippen LogP) is 2.99. The Labute approximate surface area is 82.3 Å². The van der Waals surface area contributed by atoms with Crippen molar-refractivity contribution in [3.63, 3.8) is 0 Å². The molecular weight excluding hydrogens is 182 g/mol. The molecule has 0 fully saturated rings. The maximum Gasteiger partial charge on any atom is 0.182 e. The largest absolute Gasteiger partial charge is 0.292 e. The van der Waals surface area contributed by atoms with E-state index in [4.69, 9.17) is 0 Å². The Morgan fingerprint density at radius 1 is 1.62 bits per heavy atom. The molecule has 0 saturated heterocycles. The number of thiazole rings is 1. The van der Waals surface area contributed by atoms with Crippen molar-refractivity contribution >= 4 is 17.1 Å². The van der Waals surface area contributed by atoms with Crippen LogP contribution in [0.3, 0.4) is 0 Å². The van der Waals surface area contributed by atoms with Crippen LogP contribution in [0.5, 0.6) is 0 Å². The van der Waals surface area contributed by atoms with Gasteiger partial charge >= 0.3 is 0 Å². The quantitative estimate of drug-likeness (QED) is 0.546. The van der Waals surface area contributed by atoms with Crippen molar-refractivity contribution < 1.29 is 4.79 Å². The molecule has 13 heavy (non-hydrogen) atoms. The summed E-state index contributed by atoms with van der Waals surface area (Å²) in [4.78, 5) is 15.6. The second kappa shape index (κ2) is 4.33. The van der Waals surface area contributed by atoms with E-state index < -0.39 is 0 Å². The molecule has 1 rings (SSSR count). The molecule has 2 nitrogen and oxygen atoms in total. The number of aromatic nitrogens is 1. The van der Waals surface area contributed by atoms with Crippen LogP contribution in [0.2, 0.25) is 0 Å². The molecule has 0 radical (unpaired) electrons. The molecule has 1 aromatic rings. The van der Waals surface area contributed by atoms with Gasteiger partial charge in [0.05, 0.1) is 5.01 Å². The summed E-state index contributed by atoms with van der Waals surface area (Å²) in [5.41, 5.74) is 1.64. The molecule has 1 aromatic heterocycles. The second-order valence-electron chi connectivity index (χ2n) is 3.13. The van der Waals surface area contributed by atoms with Gasteiger partial charge in [0, 0.05) is 11.8 Å². The standard InChI is InChI=1S/C10H13NOS/c1-7(2)4-5-10(12)9-6-13-8(3)11-9/h6H,1,4-5H2,2-3H3. The first kappa shape index (κ1) is 10.1. The van der Waals surface area contributed by atoms with Crippen molar-refractivity contribution in [1.29, 1.82) is 0 Å². The van der Waals surface area contributed by atoms with Crippen LogP contribution >= 0.6 is 11.3 Å². The number of hydrogen-bond acceptors (Lipinski definition) is 3. The Morgan fingerprint density at radius 2 is 2.31 bits per heavy atom. The lowest BCUT2D eigenvalue weighted by Gasteiger charge is -1.96. The highest BCUT2D eigenvalue weighted by Gasteiger charge is 2.08. The van der Waals surface area contributed by atoms with E-state index in [0.29, 0.717) is 12.1 Å². The summed E-state index contributed by atoms with van der Waals surface area (Å²) in [6, 6.07) is 0. The third kappa shape index (κ3) is 3.11. The zero-order chi connectivity index (χ0) is 9.84. The maximum absolute atomic E-state index is 11.5. The fraction of sp³-hybridized carbons (Fsp3) is 0.400. The number of Topliss-reactive ketones (excluding diaryl/α,β-unsaturated/α-hetero) is 1. The van der Waals surface area contributed by atoms with Gasteiger partial charge < -0.3 is 0 Å². The van der Waals surface area contributed by atoms with Gasteiger partial charge in [-0.05, 0) is 20.3 Å². The van der Waals surface area contributed by atoms with Crippen molar-refractivity contribution in [3.05, 3.63) is 28.2 Å². The van der Waals surface area contributed by atoms with E-state index in [2.05, 4.69) is 11.6 Å². The van der Waals surface area contributed by atoms with Crippen molar-refractivity contribution in [2.75, 3.05) is 0 Å². The SMILES string of the molecule is C=C(C)CCC(=O)c1csc(C)n1. The van der Waals surface area contributed by atoms with Crippen LogP contribution in [0.15, 0.2) is 17.5 Å². The van der Waals surface area contributed by atoms with Crippen LogP contribution in [-0.4, -0.2) is 10.8 Å². The van der Waals surface area contributed by atoms with E-state index in [9.17, 15) is 4.79 Å². The number of rotatable bonds is 4. The molecule has 0 aliphatic heterocycles. The Kier molecular flexibility index (Phi) is 3.37. The fourth-order valence-corrected chi connectivity index (χ4v) is 1.56. The number of hydrogen-bond donors (Lipinski definition) is 0. The number of nitrogens with zero attached hydrogens (tertiary/aromatic N) is 1. The summed E-state index contributed by atoms with van der Waals surface area (Å²) in [5, 5.41) is 2.76. The normalized spacial score (nSPS) is 10.0. The summed E-state index contributed by atoms with van der Waals surface area (Å²) < 4.78 is 0. The molecule has 70 valence electrons. The average Bonchev–Trinajstić information content (AvgIpc) is 2.47. The zero-order valence-corrected chi connectivity index (χ0v) is 8.78. The topological polar surface area (TPSA) is 30.0 Å². The Balaban J connectivity index is 2.54. The number of aryl methyl sites for hydroxylation is 1. The van der Waals surface area contributed by atoms with E-state index in [1.54, 1.807) is 0 Å². The smallest absolute Gasteiger partial charge is 0.182 e. The van der Waals surface area contributed by atoms with Gasteiger partial charge in [0.25, 0.3) is 0 Å². The number of ketones is 1. The third-order valence-electron chi connectivity index (χ3n) is 1.68. The van der Waals surface area contributed by atoms with E-state index in [0.717, 1.165) is 17.0 Å². The fourth-order valence-electron chi connectivity index (χ4n) is 0.946. The first-order valence-corrected chi connectivity index (χ1v) is 5.07. The second-order valence-corrected chi connectivity index (χ2v) is 4.19. The number of carbonyl (C=O) groups excluding carboxylic acids is 1. The lowest BCUT2D eigenvalue weighted by molar-refractivity contribution is 0.0978. The van der Waals surface area contributed by atoms with Crippen LogP contribution in [0, 0.1) is 6.92 Å². The summed E-state index contributed by atoms with van der Waals surface area (Å²) in [7, 11) is 0. The van der Waals surface area contributed by atoms with Gasteiger partial charge in [-0.3, -0.25) is 4.79 Å². The van der Waals surface area contributed by atoms with Crippen LogP contribution in [0.25, 0.3) is 0 Å². The minimum atomic E-state index is 0.118. The van der Waals surface area contributed by atoms with Gasteiger partial charge in [0.15, 0.2) is 5.78 Å². The van der Waals surface area contributed by atoms with Gasteiger partial charge in [-0.2, -0.15) is 0 Å². The summed E-state index contributed by atoms with van der Waals surface area (Å²) >= 11 is 1.51. The summed E-state index contributed by atoms with van der Waals surface area (Å²) in [6.45, 7) is 7.59. The summed E-state index contributed by atoms with van der Waals surface area (Å²) in [6.07, 6.45) is 1.29. The summed E-state index contributed by atoms with van der Waals surface area (Å²) in [5.74, 6) is 0.118. The maximum atomic E-state index is 11.5. The minimum Gasteiger partial charge on any atom is -0.292 e. The Morgan fingerprint density at radius 3 is 2.77 bits per heavy atom. The molecular formula is C10H13NOS. The Hall–Kier alpha value is -0.960. The van der Waals surface area contributed by atoms with E-state index in [1.165, 1.54) is 11.3 Å². The molecule has 3 heteroatoms. The molecule has 0 atom stereocenters. The van der Waals surface area contributed by atoms with E-state index >= 15 is 0 Å². The molecule has 0 spiro atoms. The molecule has 0 aliphatic carbocycles. The molecule has 0 amide bonds. The predicted molar refractivity (Wildman–Crippen MR) is 55.2 cm³/mol. The molecule has 0 bridgehead atoms. The highest BCUT2D eigenvalue weighted by atomic mass is 32.1. The van der Waals surface area contributed by atoms with Crippen LogP contribution in [0.4, 0.5) is 0 Å². The Bertz CT molecular complexity index is 327. The monoisotopic (exact) mass is 195 g/mol. The van der Waals surface area contributed by atoms with Gasteiger partial charge in [-0.15, -0.1) is 17.9 Å². The van der Waals surface area contributed by atoms with Crippen molar-refractivity contribution in [1.82, 2.24) is 4.98 Å². The van der Waals surface area contributed by atoms with Crippen molar-refractivity contribution in [3.8, 4) is 0 Å². The van der Waals surface area contributed by atoms with Gasteiger partial charge in [-0.25, -0.2) is 4.98 Å². The molecule has 0 unspecified atom stereocenters. The lowest BCUT2D eigenvalue weighted by Crippen LogP contribution is -1.99. The van der Waals surface area contributed by atoms with Crippen molar-refractivity contribution in [2.24, 2.45) is 0 Å². The van der Waals surface area contributed by atoms with Crippen molar-refractivity contribution in [2.45, 2.75) is 26.7 Å². The molecule has 0 saturated carbocycles. The lowest BCUT2D eigenvalue weighted by atomic mass is 10.1. The van der Waals surface area contributed by atoms with Crippen LogP contribution in [-0.2, 0) is 0 Å². The van der Waals surface area contributed by atoms with Gasteiger partial charge in [-0.1, -0.05) is 5.57 Å². The highest BCUT2D eigenvalue weighted by molar-refractivity contribution is 7.09. The van der Waals surface area contributed by atoms with Crippen LogP contribution < -0.4 is 0 Å². The van der Waals surface area contributed by atoms with E-state index in [-0.39, 0.29) is 5.78 Å². The zero-order valence-electron chi connectivity index (χ0n) is 7.96. The molecule has 0 aliphatic rings. The molecule has 1 heterocycles. The van der Waals surface area contributed by atoms with Gasteiger partial charge in [0.1, 0.15) is 5.69 Å².